The van der Waals surface area contributed by atoms with E-state index in [1.165, 1.54) is 0 Å². The predicted octanol–water partition coefficient (Wildman–Crippen LogP) is 0.681. The Balaban J connectivity index is 1.79. The lowest BCUT2D eigenvalue weighted by atomic mass is 10.1. The number of likely N-dealkylation sites (tertiary alicyclic amines) is 1. The topological polar surface area (TPSA) is 84.7 Å². The zero-order chi connectivity index (χ0) is 14.4. The molecule has 2 amide bonds. The van der Waals surface area contributed by atoms with E-state index in [1.807, 2.05) is 4.90 Å². The number of hydrogen-bond acceptors (Lipinski definition) is 4. The molecular weight excluding hydrogens is 258 g/mol. The van der Waals surface area contributed by atoms with Gasteiger partial charge < -0.3 is 9.64 Å². The molecule has 1 heterocycles. The average Bonchev–Trinajstić information content (AvgIpc) is 2.49. The summed E-state index contributed by atoms with van der Waals surface area (Å²) in [6.07, 6.45) is 2.69. The number of nitrogens with two attached hydrogens (primary N) is 1. The molecule has 108 valence electrons. The zero-order valence-electron chi connectivity index (χ0n) is 11.3. The number of hydrogen-bond donors (Lipinski definition) is 2. The molecule has 0 bridgehead atoms. The molecule has 6 nitrogen and oxygen atoms in total. The lowest BCUT2D eigenvalue weighted by molar-refractivity contribution is -0.133. The van der Waals surface area contributed by atoms with E-state index < -0.39 is 0 Å². The van der Waals surface area contributed by atoms with Crippen molar-refractivity contribution in [2.24, 2.45) is 5.84 Å². The van der Waals surface area contributed by atoms with Gasteiger partial charge in [-0.1, -0.05) is 0 Å². The SMILES string of the molecule is NNC(=O)c1ccc(OCCN2CCCCC2=O)cc1. The summed E-state index contributed by atoms with van der Waals surface area (Å²) >= 11 is 0. The maximum atomic E-state index is 11.6. The Bertz CT molecular complexity index is 473. The highest BCUT2D eigenvalue weighted by Crippen LogP contribution is 2.13. The smallest absolute Gasteiger partial charge is 0.265 e. The first-order valence-electron chi connectivity index (χ1n) is 6.72. The number of benzene rings is 1. The number of nitrogen functional groups attached to an aromatic ring is 1. The van der Waals surface area contributed by atoms with Gasteiger partial charge in [-0.05, 0) is 37.1 Å². The van der Waals surface area contributed by atoms with Crippen molar-refractivity contribution < 1.29 is 14.3 Å². The molecule has 0 aromatic heterocycles. The molecule has 0 atom stereocenters. The molecule has 1 aromatic rings. The fourth-order valence-corrected chi connectivity index (χ4v) is 2.16. The van der Waals surface area contributed by atoms with E-state index in [1.54, 1.807) is 24.3 Å². The second-order valence-corrected chi connectivity index (χ2v) is 4.68. The Hall–Kier alpha value is -2.08. The van der Waals surface area contributed by atoms with Crippen LogP contribution in [-0.4, -0.2) is 36.4 Å². The van der Waals surface area contributed by atoms with Gasteiger partial charge in [0.2, 0.25) is 5.91 Å². The van der Waals surface area contributed by atoms with Crippen LogP contribution in [0.2, 0.25) is 0 Å². The van der Waals surface area contributed by atoms with E-state index in [2.05, 4.69) is 5.43 Å². The monoisotopic (exact) mass is 277 g/mol. The van der Waals surface area contributed by atoms with E-state index in [9.17, 15) is 9.59 Å². The van der Waals surface area contributed by atoms with Gasteiger partial charge in [0, 0.05) is 18.5 Å². The quantitative estimate of drug-likeness (QED) is 0.471. The molecule has 0 unspecified atom stereocenters. The predicted molar refractivity (Wildman–Crippen MR) is 74.0 cm³/mol. The minimum atomic E-state index is -0.338. The number of carbonyl (C=O) groups excluding carboxylic acids is 2. The van der Waals surface area contributed by atoms with Gasteiger partial charge in [-0.2, -0.15) is 0 Å². The average molecular weight is 277 g/mol. The number of carbonyl (C=O) groups is 2. The molecule has 0 radical (unpaired) electrons. The highest BCUT2D eigenvalue weighted by Gasteiger charge is 2.17. The van der Waals surface area contributed by atoms with E-state index >= 15 is 0 Å². The third-order valence-electron chi connectivity index (χ3n) is 3.30. The standard InChI is InChI=1S/C14H19N3O3/c15-16-14(19)11-4-6-12(7-5-11)20-10-9-17-8-2-1-3-13(17)18/h4-7H,1-3,8-10,15H2,(H,16,19). The minimum Gasteiger partial charge on any atom is -0.492 e. The maximum absolute atomic E-state index is 11.6. The number of nitrogens with one attached hydrogen (secondary N) is 1. The summed E-state index contributed by atoms with van der Waals surface area (Å²) < 4.78 is 5.57. The first-order chi connectivity index (χ1) is 9.70. The second-order valence-electron chi connectivity index (χ2n) is 4.68. The summed E-state index contributed by atoms with van der Waals surface area (Å²) in [5.41, 5.74) is 2.55. The summed E-state index contributed by atoms with van der Waals surface area (Å²) in [5, 5.41) is 0. The number of nitrogens with zero attached hydrogens (tertiary/aromatic N) is 1. The molecule has 6 heteroatoms. The molecule has 2 rings (SSSR count). The van der Waals surface area contributed by atoms with Crippen molar-refractivity contribution in [1.82, 2.24) is 10.3 Å². The van der Waals surface area contributed by atoms with Crippen LogP contribution in [-0.2, 0) is 4.79 Å². The summed E-state index contributed by atoms with van der Waals surface area (Å²) in [5.74, 6) is 5.59. The van der Waals surface area contributed by atoms with Gasteiger partial charge in [0.25, 0.3) is 5.91 Å². The molecule has 0 spiro atoms. The third kappa shape index (κ3) is 3.71. The minimum absolute atomic E-state index is 0.204. The first kappa shape index (κ1) is 14.3. The molecule has 3 N–H and O–H groups in total. The van der Waals surface area contributed by atoms with E-state index in [0.29, 0.717) is 30.9 Å². The van der Waals surface area contributed by atoms with Crippen molar-refractivity contribution in [2.45, 2.75) is 19.3 Å². The van der Waals surface area contributed by atoms with Crippen LogP contribution in [0.3, 0.4) is 0 Å². The van der Waals surface area contributed by atoms with Crippen LogP contribution in [0.1, 0.15) is 29.6 Å². The van der Waals surface area contributed by atoms with Crippen LogP contribution in [0, 0.1) is 0 Å². The van der Waals surface area contributed by atoms with Crippen molar-refractivity contribution in [3.8, 4) is 5.75 Å². The van der Waals surface area contributed by atoms with Gasteiger partial charge in [-0.15, -0.1) is 0 Å². The molecule has 1 aliphatic rings. The molecule has 1 aromatic carbocycles. The summed E-state index contributed by atoms with van der Waals surface area (Å²) in [7, 11) is 0. The lowest BCUT2D eigenvalue weighted by Gasteiger charge is -2.26. The van der Waals surface area contributed by atoms with Gasteiger partial charge in [-0.3, -0.25) is 15.0 Å². The summed E-state index contributed by atoms with van der Waals surface area (Å²) in [4.78, 5) is 24.7. The Morgan fingerprint density at radius 2 is 2.05 bits per heavy atom. The van der Waals surface area contributed by atoms with Crippen molar-refractivity contribution in [3.63, 3.8) is 0 Å². The largest absolute Gasteiger partial charge is 0.492 e. The number of ether oxygens (including phenoxy) is 1. The van der Waals surface area contributed by atoms with Crippen LogP contribution in [0.15, 0.2) is 24.3 Å². The fourth-order valence-electron chi connectivity index (χ4n) is 2.16. The lowest BCUT2D eigenvalue weighted by Crippen LogP contribution is -2.38. The van der Waals surface area contributed by atoms with Crippen molar-refractivity contribution in [2.75, 3.05) is 19.7 Å². The van der Waals surface area contributed by atoms with Gasteiger partial charge in [0.05, 0.1) is 6.54 Å². The van der Waals surface area contributed by atoms with E-state index in [-0.39, 0.29) is 11.8 Å². The molecule has 1 fully saturated rings. The van der Waals surface area contributed by atoms with Crippen molar-refractivity contribution in [1.29, 1.82) is 0 Å². The van der Waals surface area contributed by atoms with Gasteiger partial charge in [0.1, 0.15) is 12.4 Å². The molecular formula is C14H19N3O3. The summed E-state index contributed by atoms with van der Waals surface area (Å²) in [6, 6.07) is 6.71. The van der Waals surface area contributed by atoms with Gasteiger partial charge in [-0.25, -0.2) is 5.84 Å². The molecule has 20 heavy (non-hydrogen) atoms. The van der Waals surface area contributed by atoms with Crippen molar-refractivity contribution >= 4 is 11.8 Å². The van der Waals surface area contributed by atoms with Gasteiger partial charge in [0.15, 0.2) is 0 Å². The Morgan fingerprint density at radius 1 is 1.30 bits per heavy atom. The molecule has 0 saturated carbocycles. The molecule has 1 aliphatic heterocycles. The number of hydrazine groups is 1. The highest BCUT2D eigenvalue weighted by atomic mass is 16.5. The second kappa shape index (κ2) is 6.91. The highest BCUT2D eigenvalue weighted by molar-refractivity contribution is 5.93. The Kier molecular flexibility index (Phi) is 4.95. The fraction of sp³-hybridized carbons (Fsp3) is 0.429. The summed E-state index contributed by atoms with van der Waals surface area (Å²) in [6.45, 7) is 1.87. The molecule has 1 saturated heterocycles. The van der Waals surface area contributed by atoms with Crippen molar-refractivity contribution in [3.05, 3.63) is 29.8 Å². The van der Waals surface area contributed by atoms with Gasteiger partial charge >= 0.3 is 0 Å². The van der Waals surface area contributed by atoms with E-state index in [4.69, 9.17) is 10.6 Å². The normalized spacial score (nSPS) is 15.1. The Morgan fingerprint density at radius 3 is 2.70 bits per heavy atom. The number of amides is 2. The number of rotatable bonds is 5. The maximum Gasteiger partial charge on any atom is 0.265 e. The number of piperidine rings is 1. The van der Waals surface area contributed by atoms with E-state index in [0.717, 1.165) is 19.4 Å². The first-order valence-corrected chi connectivity index (χ1v) is 6.72. The van der Waals surface area contributed by atoms with Crippen LogP contribution in [0.5, 0.6) is 5.75 Å². The van der Waals surface area contributed by atoms with Crippen LogP contribution in [0.4, 0.5) is 0 Å². The molecule has 0 aliphatic carbocycles. The zero-order valence-corrected chi connectivity index (χ0v) is 11.3. The van der Waals surface area contributed by atoms with Crippen LogP contribution in [0.25, 0.3) is 0 Å². The van der Waals surface area contributed by atoms with Crippen LogP contribution < -0.4 is 16.0 Å². The third-order valence-corrected chi connectivity index (χ3v) is 3.30. The Labute approximate surface area is 117 Å². The van der Waals surface area contributed by atoms with Crippen LogP contribution >= 0.6 is 0 Å².